The molecule has 1 N–H and O–H groups in total. The van der Waals surface area contributed by atoms with E-state index in [1.807, 2.05) is 24.0 Å². The van der Waals surface area contributed by atoms with Crippen LogP contribution in [0.1, 0.15) is 34.2 Å². The maximum atomic E-state index is 11.3. The lowest BCUT2D eigenvalue weighted by molar-refractivity contribution is 0.0600. The second kappa shape index (κ2) is 6.99. The van der Waals surface area contributed by atoms with E-state index in [0.717, 1.165) is 24.4 Å². The van der Waals surface area contributed by atoms with E-state index < -0.39 is 0 Å². The molecule has 2 heterocycles. The van der Waals surface area contributed by atoms with E-state index in [4.69, 9.17) is 0 Å². The molecule has 6 heteroatoms. The summed E-state index contributed by atoms with van der Waals surface area (Å²) in [6.07, 6.45) is 4.48. The minimum Gasteiger partial charge on any atom is -0.465 e. The molecule has 0 fully saturated rings. The van der Waals surface area contributed by atoms with E-state index in [2.05, 4.69) is 27.1 Å². The molecular formula is C15H20N4O2. The third-order valence-corrected chi connectivity index (χ3v) is 3.19. The maximum absolute atomic E-state index is 11.3. The Hall–Kier alpha value is -2.21. The van der Waals surface area contributed by atoms with Gasteiger partial charge >= 0.3 is 5.97 Å². The van der Waals surface area contributed by atoms with Crippen LogP contribution in [0, 0.1) is 0 Å². The number of rotatable bonds is 6. The third kappa shape index (κ3) is 3.88. The van der Waals surface area contributed by atoms with Crippen molar-refractivity contribution in [2.24, 2.45) is 7.05 Å². The first-order valence-electron chi connectivity index (χ1n) is 6.89. The molecule has 0 amide bonds. The van der Waals surface area contributed by atoms with Gasteiger partial charge in [0.1, 0.15) is 0 Å². The van der Waals surface area contributed by atoms with Gasteiger partial charge in [-0.25, -0.2) is 4.79 Å². The van der Waals surface area contributed by atoms with Gasteiger partial charge in [0.25, 0.3) is 0 Å². The lowest BCUT2D eigenvalue weighted by Crippen LogP contribution is -2.14. The van der Waals surface area contributed by atoms with Gasteiger partial charge in [0.2, 0.25) is 0 Å². The second-order valence-electron chi connectivity index (χ2n) is 4.76. The van der Waals surface area contributed by atoms with Crippen molar-refractivity contribution in [2.75, 3.05) is 7.11 Å². The Morgan fingerprint density at radius 1 is 1.38 bits per heavy atom. The molecular weight excluding hydrogens is 268 g/mol. The highest BCUT2D eigenvalue weighted by Gasteiger charge is 2.07. The summed E-state index contributed by atoms with van der Waals surface area (Å²) in [6.45, 7) is 3.48. The smallest absolute Gasteiger partial charge is 0.339 e. The van der Waals surface area contributed by atoms with Crippen LogP contribution in [0.4, 0.5) is 0 Å². The molecule has 6 nitrogen and oxygen atoms in total. The van der Waals surface area contributed by atoms with Crippen LogP contribution in [-0.4, -0.2) is 27.8 Å². The summed E-state index contributed by atoms with van der Waals surface area (Å²) in [5, 5.41) is 7.74. The van der Waals surface area contributed by atoms with Crippen LogP contribution in [0.15, 0.2) is 24.5 Å². The molecule has 21 heavy (non-hydrogen) atoms. The normalized spacial score (nSPS) is 10.6. The number of nitrogens with one attached hydrogen (secondary N) is 1. The highest BCUT2D eigenvalue weighted by molar-refractivity contribution is 5.88. The fourth-order valence-corrected chi connectivity index (χ4v) is 2.12. The van der Waals surface area contributed by atoms with E-state index in [-0.39, 0.29) is 5.97 Å². The van der Waals surface area contributed by atoms with Crippen molar-refractivity contribution in [3.05, 3.63) is 47.0 Å². The van der Waals surface area contributed by atoms with Crippen molar-refractivity contribution < 1.29 is 9.53 Å². The quantitative estimate of drug-likeness (QED) is 0.815. The van der Waals surface area contributed by atoms with Crippen LogP contribution in [0.5, 0.6) is 0 Å². The zero-order valence-corrected chi connectivity index (χ0v) is 12.6. The number of hydrogen-bond acceptors (Lipinski definition) is 5. The van der Waals surface area contributed by atoms with Crippen molar-refractivity contribution in [1.29, 1.82) is 0 Å². The highest BCUT2D eigenvalue weighted by atomic mass is 16.5. The van der Waals surface area contributed by atoms with Crippen LogP contribution in [0.3, 0.4) is 0 Å². The monoisotopic (exact) mass is 288 g/mol. The van der Waals surface area contributed by atoms with Gasteiger partial charge in [-0.15, -0.1) is 0 Å². The number of aryl methyl sites for hydroxylation is 2. The first kappa shape index (κ1) is 15.2. The Kier molecular flexibility index (Phi) is 5.05. The average Bonchev–Trinajstić information content (AvgIpc) is 2.87. The van der Waals surface area contributed by atoms with Gasteiger partial charge < -0.3 is 10.1 Å². The summed E-state index contributed by atoms with van der Waals surface area (Å²) >= 11 is 0. The Morgan fingerprint density at radius 3 is 2.81 bits per heavy atom. The molecule has 0 spiro atoms. The lowest BCUT2D eigenvalue weighted by atomic mass is 10.2. The Labute approximate surface area is 124 Å². The van der Waals surface area contributed by atoms with Crippen molar-refractivity contribution in [3.8, 4) is 0 Å². The van der Waals surface area contributed by atoms with E-state index >= 15 is 0 Å². The zero-order chi connectivity index (χ0) is 15.2. The van der Waals surface area contributed by atoms with Crippen LogP contribution in [0.25, 0.3) is 0 Å². The number of methoxy groups -OCH3 is 1. The average molecular weight is 288 g/mol. The van der Waals surface area contributed by atoms with Crippen molar-refractivity contribution in [3.63, 3.8) is 0 Å². The molecule has 0 unspecified atom stereocenters. The molecule has 0 aliphatic carbocycles. The summed E-state index contributed by atoms with van der Waals surface area (Å²) in [4.78, 5) is 15.6. The summed E-state index contributed by atoms with van der Waals surface area (Å²) in [7, 11) is 3.28. The number of esters is 1. The van der Waals surface area contributed by atoms with E-state index in [0.29, 0.717) is 12.1 Å². The predicted octanol–water partition coefficient (Wildman–Crippen LogP) is 1.45. The van der Waals surface area contributed by atoms with Crippen molar-refractivity contribution >= 4 is 5.97 Å². The minimum absolute atomic E-state index is 0.370. The van der Waals surface area contributed by atoms with Crippen LogP contribution >= 0.6 is 0 Å². The number of carbonyl (C=O) groups is 1. The molecule has 0 radical (unpaired) electrons. The molecule has 0 aliphatic heterocycles. The van der Waals surface area contributed by atoms with Crippen molar-refractivity contribution in [2.45, 2.75) is 26.4 Å². The fraction of sp³-hybridized carbons (Fsp3) is 0.400. The van der Waals surface area contributed by atoms with E-state index in [1.54, 1.807) is 6.07 Å². The first-order valence-corrected chi connectivity index (χ1v) is 6.89. The number of aromatic nitrogens is 3. The molecule has 0 atom stereocenters. The molecule has 0 saturated carbocycles. The largest absolute Gasteiger partial charge is 0.465 e. The molecule has 2 aromatic heterocycles. The number of nitrogens with zero attached hydrogens (tertiary/aromatic N) is 3. The fourth-order valence-electron chi connectivity index (χ4n) is 2.12. The Balaban J connectivity index is 1.90. The van der Waals surface area contributed by atoms with Gasteiger partial charge in [-0.3, -0.25) is 9.67 Å². The molecule has 0 saturated heterocycles. The topological polar surface area (TPSA) is 69.0 Å². The van der Waals surface area contributed by atoms with Gasteiger partial charge in [0, 0.05) is 38.1 Å². The van der Waals surface area contributed by atoms with Crippen molar-refractivity contribution in [1.82, 2.24) is 20.1 Å². The predicted molar refractivity (Wildman–Crippen MR) is 78.7 cm³/mol. The molecule has 2 aromatic rings. The lowest BCUT2D eigenvalue weighted by Gasteiger charge is -2.05. The standard InChI is InChI=1S/C15H20N4O2/c1-4-14-12(10-19(2)18-14)7-16-9-13-6-5-11(8-17-13)15(20)21-3/h5-6,8,10,16H,4,7,9H2,1-3H3. The Bertz CT molecular complexity index is 605. The number of ether oxygens (including phenoxy) is 1. The molecule has 0 bridgehead atoms. The van der Waals surface area contributed by atoms with Crippen LogP contribution in [0.2, 0.25) is 0 Å². The van der Waals surface area contributed by atoms with Crippen LogP contribution < -0.4 is 5.32 Å². The van der Waals surface area contributed by atoms with Gasteiger partial charge in [0.05, 0.1) is 24.1 Å². The van der Waals surface area contributed by atoms with Gasteiger partial charge in [-0.05, 0) is 18.6 Å². The minimum atomic E-state index is -0.370. The molecule has 2 rings (SSSR count). The number of hydrogen-bond donors (Lipinski definition) is 1. The van der Waals surface area contributed by atoms with E-state index in [1.165, 1.54) is 18.9 Å². The van der Waals surface area contributed by atoms with Crippen LogP contribution in [-0.2, 0) is 31.3 Å². The third-order valence-electron chi connectivity index (χ3n) is 3.19. The SMILES string of the molecule is CCc1nn(C)cc1CNCc1ccc(C(=O)OC)cn1. The number of pyridine rings is 1. The highest BCUT2D eigenvalue weighted by Crippen LogP contribution is 2.07. The summed E-state index contributed by atoms with van der Waals surface area (Å²) in [5.41, 5.74) is 3.65. The molecule has 0 aromatic carbocycles. The summed E-state index contributed by atoms with van der Waals surface area (Å²) in [6, 6.07) is 3.54. The summed E-state index contributed by atoms with van der Waals surface area (Å²) < 4.78 is 6.47. The second-order valence-corrected chi connectivity index (χ2v) is 4.76. The van der Waals surface area contributed by atoms with Gasteiger partial charge in [-0.1, -0.05) is 6.92 Å². The molecule has 112 valence electrons. The van der Waals surface area contributed by atoms with E-state index in [9.17, 15) is 4.79 Å². The number of carbonyl (C=O) groups excluding carboxylic acids is 1. The van der Waals surface area contributed by atoms with Gasteiger partial charge in [0.15, 0.2) is 0 Å². The van der Waals surface area contributed by atoms with Gasteiger partial charge in [-0.2, -0.15) is 5.10 Å². The zero-order valence-electron chi connectivity index (χ0n) is 12.6. The first-order chi connectivity index (χ1) is 10.1. The summed E-state index contributed by atoms with van der Waals surface area (Å²) in [5.74, 6) is -0.370. The Morgan fingerprint density at radius 2 is 2.19 bits per heavy atom. The molecule has 0 aliphatic rings. The maximum Gasteiger partial charge on any atom is 0.339 e.